The van der Waals surface area contributed by atoms with Crippen LogP contribution in [0.15, 0.2) is 24.3 Å². The second-order valence-corrected chi connectivity index (χ2v) is 4.77. The molecule has 0 spiro atoms. The van der Waals surface area contributed by atoms with Gasteiger partial charge in [0.15, 0.2) is 0 Å². The van der Waals surface area contributed by atoms with Gasteiger partial charge in [0.25, 0.3) is 0 Å². The van der Waals surface area contributed by atoms with E-state index in [0.29, 0.717) is 19.6 Å². The van der Waals surface area contributed by atoms with E-state index in [-0.39, 0.29) is 12.3 Å². The third kappa shape index (κ3) is 3.28. The van der Waals surface area contributed by atoms with E-state index >= 15 is 0 Å². The molecule has 3 N–H and O–H groups in total. The molecule has 2 rings (SSSR count). The van der Waals surface area contributed by atoms with Crippen molar-refractivity contribution in [2.75, 3.05) is 13.1 Å². The molecule has 0 bridgehead atoms. The number of hydrogen-bond donors (Lipinski definition) is 3. The number of β-amino-alcohol motifs (C(OH)–C–C–N with tert-alkyl or cyclic N) is 1. The highest BCUT2D eigenvalue weighted by Gasteiger charge is 2.36. The van der Waals surface area contributed by atoms with Gasteiger partial charge in [-0.2, -0.15) is 0 Å². The molecule has 1 aromatic carbocycles. The quantitative estimate of drug-likeness (QED) is 0.704. The number of aliphatic hydroxyl groups is 1. The first-order chi connectivity index (χ1) is 8.07. The fraction of sp³-hybridized carbons (Fsp3) is 0.462. The summed E-state index contributed by atoms with van der Waals surface area (Å²) in [6, 6.07) is 8.03. The van der Waals surface area contributed by atoms with Crippen molar-refractivity contribution in [2.45, 2.75) is 25.5 Å². The van der Waals surface area contributed by atoms with Gasteiger partial charge in [-0.3, -0.25) is 4.79 Å². The van der Waals surface area contributed by atoms with Crippen molar-refractivity contribution in [2.24, 2.45) is 0 Å². The molecule has 1 aliphatic heterocycles. The zero-order valence-corrected chi connectivity index (χ0v) is 9.99. The Hall–Kier alpha value is -1.39. The van der Waals surface area contributed by atoms with E-state index in [1.54, 1.807) is 0 Å². The molecule has 4 heteroatoms. The van der Waals surface area contributed by atoms with Gasteiger partial charge in [0.1, 0.15) is 0 Å². The Morgan fingerprint density at radius 3 is 2.59 bits per heavy atom. The third-order valence-corrected chi connectivity index (χ3v) is 3.01. The monoisotopic (exact) mass is 234 g/mol. The summed E-state index contributed by atoms with van der Waals surface area (Å²) in [5.41, 5.74) is 1.44. The largest absolute Gasteiger partial charge is 0.387 e. The van der Waals surface area contributed by atoms with Gasteiger partial charge in [0.2, 0.25) is 5.91 Å². The van der Waals surface area contributed by atoms with Crippen molar-refractivity contribution in [1.82, 2.24) is 10.6 Å². The maximum Gasteiger partial charge on any atom is 0.223 e. The fourth-order valence-electron chi connectivity index (χ4n) is 1.81. The van der Waals surface area contributed by atoms with Crippen molar-refractivity contribution in [3.8, 4) is 0 Å². The van der Waals surface area contributed by atoms with E-state index in [9.17, 15) is 9.90 Å². The van der Waals surface area contributed by atoms with Crippen LogP contribution in [0.3, 0.4) is 0 Å². The number of hydrogen-bond acceptors (Lipinski definition) is 3. The standard InChI is InChI=1S/C13H18N2O2/c1-10-2-4-11(5-3-10)7-15-12(16)6-13(17)8-14-9-13/h2-5,14,17H,6-9H2,1H3,(H,15,16). The first kappa shape index (κ1) is 12.1. The maximum atomic E-state index is 11.6. The van der Waals surface area contributed by atoms with E-state index < -0.39 is 5.60 Å². The SMILES string of the molecule is Cc1ccc(CNC(=O)CC2(O)CNC2)cc1. The molecule has 0 radical (unpaired) electrons. The van der Waals surface area contributed by atoms with Crippen molar-refractivity contribution >= 4 is 5.91 Å². The summed E-state index contributed by atoms with van der Waals surface area (Å²) in [6.07, 6.45) is 0.172. The Bertz CT molecular complexity index is 396. The van der Waals surface area contributed by atoms with Gasteiger partial charge in [-0.05, 0) is 12.5 Å². The Morgan fingerprint density at radius 1 is 1.41 bits per heavy atom. The summed E-state index contributed by atoms with van der Waals surface area (Å²) in [4.78, 5) is 11.6. The van der Waals surface area contributed by atoms with Crippen molar-refractivity contribution in [3.63, 3.8) is 0 Å². The summed E-state index contributed by atoms with van der Waals surface area (Å²) in [5.74, 6) is -0.102. The molecule has 92 valence electrons. The average molecular weight is 234 g/mol. The number of amides is 1. The highest BCUT2D eigenvalue weighted by atomic mass is 16.3. The molecular formula is C13H18N2O2. The number of aryl methyl sites for hydroxylation is 1. The van der Waals surface area contributed by atoms with Gasteiger partial charge in [0, 0.05) is 19.6 Å². The minimum atomic E-state index is -0.836. The normalized spacial score (nSPS) is 17.3. The lowest BCUT2D eigenvalue weighted by Gasteiger charge is -2.36. The Labute approximate surface area is 101 Å². The van der Waals surface area contributed by atoms with E-state index in [4.69, 9.17) is 0 Å². The Morgan fingerprint density at radius 2 is 2.06 bits per heavy atom. The molecule has 1 heterocycles. The summed E-state index contributed by atoms with van der Waals surface area (Å²) >= 11 is 0. The van der Waals surface area contributed by atoms with Gasteiger partial charge in [0.05, 0.1) is 12.0 Å². The predicted octanol–water partition coefficient (Wildman–Crippen LogP) is 0.336. The van der Waals surface area contributed by atoms with Gasteiger partial charge in [-0.1, -0.05) is 29.8 Å². The van der Waals surface area contributed by atoms with Crippen LogP contribution < -0.4 is 10.6 Å². The Balaban J connectivity index is 1.78. The van der Waals surface area contributed by atoms with Crippen LogP contribution in [0, 0.1) is 6.92 Å². The van der Waals surface area contributed by atoms with Crippen LogP contribution in [0.1, 0.15) is 17.5 Å². The van der Waals surface area contributed by atoms with Crippen molar-refractivity contribution in [1.29, 1.82) is 0 Å². The number of benzene rings is 1. The topological polar surface area (TPSA) is 61.4 Å². The maximum absolute atomic E-state index is 11.6. The minimum Gasteiger partial charge on any atom is -0.387 e. The molecule has 1 aliphatic rings. The lowest BCUT2D eigenvalue weighted by atomic mass is 9.93. The molecule has 0 atom stereocenters. The molecule has 1 saturated heterocycles. The molecule has 1 amide bonds. The highest BCUT2D eigenvalue weighted by molar-refractivity contribution is 5.77. The van der Waals surface area contributed by atoms with Gasteiger partial charge < -0.3 is 15.7 Å². The first-order valence-electron chi connectivity index (χ1n) is 5.83. The van der Waals surface area contributed by atoms with Crippen LogP contribution in [0.5, 0.6) is 0 Å². The summed E-state index contributed by atoms with van der Waals surface area (Å²) in [6.45, 7) is 3.56. The number of carbonyl (C=O) groups is 1. The number of rotatable bonds is 4. The van der Waals surface area contributed by atoms with E-state index in [2.05, 4.69) is 10.6 Å². The molecule has 17 heavy (non-hydrogen) atoms. The summed E-state index contributed by atoms with van der Waals surface area (Å²) in [5, 5.41) is 15.6. The zero-order chi connectivity index (χ0) is 12.3. The average Bonchev–Trinajstić information content (AvgIpc) is 2.26. The number of carbonyl (C=O) groups excluding carboxylic acids is 1. The second-order valence-electron chi connectivity index (χ2n) is 4.77. The van der Waals surface area contributed by atoms with Crippen molar-refractivity contribution < 1.29 is 9.90 Å². The van der Waals surface area contributed by atoms with Gasteiger partial charge in [-0.25, -0.2) is 0 Å². The predicted molar refractivity (Wildman–Crippen MR) is 65.5 cm³/mol. The minimum absolute atomic E-state index is 0.102. The lowest BCUT2D eigenvalue weighted by Crippen LogP contribution is -2.61. The van der Waals surface area contributed by atoms with Crippen LogP contribution in [0.2, 0.25) is 0 Å². The Kier molecular flexibility index (Phi) is 3.45. The zero-order valence-electron chi connectivity index (χ0n) is 9.99. The molecule has 1 fully saturated rings. The van der Waals surface area contributed by atoms with Crippen molar-refractivity contribution in [3.05, 3.63) is 35.4 Å². The van der Waals surface area contributed by atoms with Crippen LogP contribution >= 0.6 is 0 Å². The van der Waals surface area contributed by atoms with Gasteiger partial charge in [-0.15, -0.1) is 0 Å². The molecule has 1 aromatic rings. The van der Waals surface area contributed by atoms with Crippen LogP contribution in [-0.4, -0.2) is 29.7 Å². The second kappa shape index (κ2) is 4.85. The first-order valence-corrected chi connectivity index (χ1v) is 5.83. The third-order valence-electron chi connectivity index (χ3n) is 3.01. The summed E-state index contributed by atoms with van der Waals surface area (Å²) < 4.78 is 0. The van der Waals surface area contributed by atoms with E-state index in [1.807, 2.05) is 31.2 Å². The van der Waals surface area contributed by atoms with E-state index in [1.165, 1.54) is 5.56 Å². The van der Waals surface area contributed by atoms with Crippen LogP contribution in [0.4, 0.5) is 0 Å². The lowest BCUT2D eigenvalue weighted by molar-refractivity contribution is -0.128. The molecular weight excluding hydrogens is 216 g/mol. The molecule has 0 saturated carbocycles. The van der Waals surface area contributed by atoms with Gasteiger partial charge >= 0.3 is 0 Å². The summed E-state index contributed by atoms with van der Waals surface area (Å²) in [7, 11) is 0. The molecule has 0 aliphatic carbocycles. The molecule has 4 nitrogen and oxygen atoms in total. The highest BCUT2D eigenvalue weighted by Crippen LogP contribution is 2.14. The van der Waals surface area contributed by atoms with E-state index in [0.717, 1.165) is 5.56 Å². The smallest absolute Gasteiger partial charge is 0.223 e. The van der Waals surface area contributed by atoms with Crippen LogP contribution in [0.25, 0.3) is 0 Å². The molecule has 0 unspecified atom stereocenters. The van der Waals surface area contributed by atoms with Crippen LogP contribution in [-0.2, 0) is 11.3 Å². The molecule has 0 aromatic heterocycles. The fourth-order valence-corrected chi connectivity index (χ4v) is 1.81. The number of nitrogens with one attached hydrogen (secondary N) is 2.